The van der Waals surface area contributed by atoms with Crippen molar-refractivity contribution in [2.75, 3.05) is 6.79 Å². The van der Waals surface area contributed by atoms with Crippen LogP contribution < -0.4 is 18.9 Å². The number of aryl methyl sites for hydroxylation is 1. The van der Waals surface area contributed by atoms with Gasteiger partial charge in [0.1, 0.15) is 11.5 Å². The Kier molecular flexibility index (Phi) is 5.16. The Bertz CT molecular complexity index is 1340. The average Bonchev–Trinajstić information content (AvgIpc) is 3.37. The van der Waals surface area contributed by atoms with E-state index in [1.807, 2.05) is 12.1 Å². The number of allylic oxidation sites excluding steroid dienone is 1. The molecule has 0 saturated heterocycles. The lowest BCUT2D eigenvalue weighted by Crippen LogP contribution is -2.10. The zero-order valence-electron chi connectivity index (χ0n) is 19.4. The van der Waals surface area contributed by atoms with Gasteiger partial charge in [0.05, 0.1) is 11.1 Å². The summed E-state index contributed by atoms with van der Waals surface area (Å²) in [6.45, 7) is 8.38. The number of benzene rings is 3. The summed E-state index contributed by atoms with van der Waals surface area (Å²) in [4.78, 5) is 25.6. The molecule has 0 aromatic heterocycles. The van der Waals surface area contributed by atoms with Gasteiger partial charge in [-0.05, 0) is 59.4 Å². The molecular formula is C28H24O6. The molecule has 2 heterocycles. The second-order valence-electron chi connectivity index (χ2n) is 9.38. The molecule has 6 nitrogen and oxygen atoms in total. The summed E-state index contributed by atoms with van der Waals surface area (Å²) in [5, 5.41) is 0. The van der Waals surface area contributed by atoms with Crippen LogP contribution in [-0.4, -0.2) is 18.5 Å². The van der Waals surface area contributed by atoms with E-state index in [4.69, 9.17) is 18.9 Å². The molecule has 2 aliphatic heterocycles. The zero-order valence-corrected chi connectivity index (χ0v) is 19.4. The van der Waals surface area contributed by atoms with Crippen molar-refractivity contribution in [2.24, 2.45) is 0 Å². The minimum atomic E-state index is -0.545. The third-order valence-electron chi connectivity index (χ3n) is 5.84. The minimum Gasteiger partial charge on any atom is -0.454 e. The van der Waals surface area contributed by atoms with E-state index in [0.29, 0.717) is 39.7 Å². The molecule has 3 aromatic carbocycles. The van der Waals surface area contributed by atoms with Crippen LogP contribution in [0.1, 0.15) is 58.2 Å². The number of hydrogen-bond donors (Lipinski definition) is 0. The molecule has 6 heteroatoms. The fraction of sp³-hybridized carbons (Fsp3) is 0.214. The van der Waals surface area contributed by atoms with Crippen LogP contribution >= 0.6 is 0 Å². The first-order valence-electron chi connectivity index (χ1n) is 11.0. The highest BCUT2D eigenvalue weighted by atomic mass is 16.7. The molecule has 3 aromatic rings. The first-order valence-corrected chi connectivity index (χ1v) is 11.0. The normalized spacial score (nSPS) is 15.3. The van der Waals surface area contributed by atoms with Gasteiger partial charge in [-0.25, -0.2) is 4.79 Å². The van der Waals surface area contributed by atoms with Crippen LogP contribution in [0.5, 0.6) is 23.0 Å². The van der Waals surface area contributed by atoms with Crippen LogP contribution in [0, 0.1) is 6.92 Å². The van der Waals surface area contributed by atoms with Gasteiger partial charge in [-0.3, -0.25) is 4.79 Å². The summed E-state index contributed by atoms with van der Waals surface area (Å²) in [5.41, 5.74) is 3.60. The summed E-state index contributed by atoms with van der Waals surface area (Å²) in [6, 6.07) is 16.1. The Labute approximate surface area is 197 Å². The first-order chi connectivity index (χ1) is 16.2. The largest absolute Gasteiger partial charge is 0.454 e. The van der Waals surface area contributed by atoms with Crippen LogP contribution in [0.2, 0.25) is 0 Å². The van der Waals surface area contributed by atoms with Crippen molar-refractivity contribution >= 4 is 17.8 Å². The molecule has 2 aliphatic rings. The van der Waals surface area contributed by atoms with Crippen molar-refractivity contribution < 1.29 is 28.5 Å². The summed E-state index contributed by atoms with van der Waals surface area (Å²) in [6.07, 6.45) is 1.73. The van der Waals surface area contributed by atoms with E-state index < -0.39 is 5.97 Å². The van der Waals surface area contributed by atoms with Gasteiger partial charge in [-0.15, -0.1) is 0 Å². The number of ketones is 1. The fourth-order valence-corrected chi connectivity index (χ4v) is 3.96. The van der Waals surface area contributed by atoms with E-state index >= 15 is 0 Å². The topological polar surface area (TPSA) is 71.1 Å². The molecule has 0 atom stereocenters. The Morgan fingerprint density at radius 1 is 0.941 bits per heavy atom. The molecule has 172 valence electrons. The van der Waals surface area contributed by atoms with Crippen molar-refractivity contribution in [1.82, 2.24) is 0 Å². The van der Waals surface area contributed by atoms with E-state index in [1.54, 1.807) is 43.3 Å². The van der Waals surface area contributed by atoms with E-state index in [0.717, 1.165) is 5.56 Å². The van der Waals surface area contributed by atoms with Crippen LogP contribution in [0.25, 0.3) is 6.08 Å². The SMILES string of the molecule is Cc1cc(OC(=O)c2ccc3c(c2)OCO3)cc2c1C(=O)/C(=C/c1ccc(C(C)(C)C)cc1)O2. The number of carbonyl (C=O) groups is 2. The maximum atomic E-state index is 13.0. The highest BCUT2D eigenvalue weighted by Gasteiger charge is 2.30. The highest BCUT2D eigenvalue weighted by molar-refractivity contribution is 6.15. The standard InChI is InChI=1S/C28H24O6/c1-16-11-20(33-27(30)18-7-10-21-22(13-18)32-15-31-21)14-23-25(16)26(29)24(34-23)12-17-5-8-19(9-6-17)28(2,3)4/h5-14H,15H2,1-4H3/b24-12-. The molecule has 0 radical (unpaired) electrons. The summed E-state index contributed by atoms with van der Waals surface area (Å²) >= 11 is 0. The molecule has 0 N–H and O–H groups in total. The van der Waals surface area contributed by atoms with E-state index in [-0.39, 0.29) is 23.8 Å². The summed E-state index contributed by atoms with van der Waals surface area (Å²) in [7, 11) is 0. The molecule has 0 unspecified atom stereocenters. The molecular weight excluding hydrogens is 432 g/mol. The Balaban J connectivity index is 1.37. The van der Waals surface area contributed by atoms with Crippen molar-refractivity contribution in [3.63, 3.8) is 0 Å². The second-order valence-corrected chi connectivity index (χ2v) is 9.38. The summed E-state index contributed by atoms with van der Waals surface area (Å²) < 4.78 is 22.0. The molecule has 0 amide bonds. The third kappa shape index (κ3) is 4.03. The van der Waals surface area contributed by atoms with Gasteiger partial charge in [-0.2, -0.15) is 0 Å². The van der Waals surface area contributed by atoms with Gasteiger partial charge < -0.3 is 18.9 Å². The number of fused-ring (bicyclic) bond motifs is 2. The van der Waals surface area contributed by atoms with Crippen LogP contribution in [0.3, 0.4) is 0 Å². The van der Waals surface area contributed by atoms with Crippen molar-refractivity contribution in [3.8, 4) is 23.0 Å². The number of carbonyl (C=O) groups excluding carboxylic acids is 2. The van der Waals surface area contributed by atoms with Crippen LogP contribution in [0.15, 0.2) is 60.4 Å². The van der Waals surface area contributed by atoms with Crippen LogP contribution in [-0.2, 0) is 5.41 Å². The summed E-state index contributed by atoms with van der Waals surface area (Å²) in [5.74, 6) is 1.25. The van der Waals surface area contributed by atoms with Gasteiger partial charge in [-0.1, -0.05) is 45.0 Å². The maximum Gasteiger partial charge on any atom is 0.343 e. The number of esters is 1. The predicted octanol–water partition coefficient (Wildman–Crippen LogP) is 5.86. The molecule has 34 heavy (non-hydrogen) atoms. The lowest BCUT2D eigenvalue weighted by atomic mass is 9.86. The van der Waals surface area contributed by atoms with Gasteiger partial charge in [0.15, 0.2) is 17.3 Å². The molecule has 0 spiro atoms. The van der Waals surface area contributed by atoms with E-state index in [2.05, 4.69) is 32.9 Å². The fourth-order valence-electron chi connectivity index (χ4n) is 3.96. The van der Waals surface area contributed by atoms with E-state index in [9.17, 15) is 9.59 Å². The second kappa shape index (κ2) is 8.06. The molecule has 0 fully saturated rings. The van der Waals surface area contributed by atoms with Gasteiger partial charge in [0, 0.05) is 6.07 Å². The highest BCUT2D eigenvalue weighted by Crippen LogP contribution is 2.38. The van der Waals surface area contributed by atoms with Crippen molar-refractivity contribution in [3.05, 3.63) is 88.2 Å². The Hall–Kier alpha value is -4.06. The predicted molar refractivity (Wildman–Crippen MR) is 127 cm³/mol. The molecule has 0 saturated carbocycles. The number of Topliss-reactive ketones (excluding diaryl/α,β-unsaturated/α-hetero) is 1. The van der Waals surface area contributed by atoms with Gasteiger partial charge >= 0.3 is 5.97 Å². The minimum absolute atomic E-state index is 0.0487. The van der Waals surface area contributed by atoms with Crippen molar-refractivity contribution in [2.45, 2.75) is 33.1 Å². The zero-order chi connectivity index (χ0) is 24.0. The maximum absolute atomic E-state index is 13.0. The number of hydrogen-bond acceptors (Lipinski definition) is 6. The molecule has 0 aliphatic carbocycles. The molecule has 5 rings (SSSR count). The Morgan fingerprint density at radius 2 is 1.68 bits per heavy atom. The quantitative estimate of drug-likeness (QED) is 0.279. The third-order valence-corrected chi connectivity index (χ3v) is 5.84. The Morgan fingerprint density at radius 3 is 2.41 bits per heavy atom. The number of ether oxygens (including phenoxy) is 4. The van der Waals surface area contributed by atoms with E-state index in [1.165, 1.54) is 5.56 Å². The smallest absolute Gasteiger partial charge is 0.343 e. The molecule has 0 bridgehead atoms. The van der Waals surface area contributed by atoms with Crippen molar-refractivity contribution in [1.29, 1.82) is 0 Å². The van der Waals surface area contributed by atoms with Gasteiger partial charge in [0.25, 0.3) is 0 Å². The average molecular weight is 456 g/mol. The number of rotatable bonds is 3. The van der Waals surface area contributed by atoms with Gasteiger partial charge in [0.2, 0.25) is 12.6 Å². The monoisotopic (exact) mass is 456 g/mol. The first kappa shape index (κ1) is 21.8. The lowest BCUT2D eigenvalue weighted by molar-refractivity contribution is 0.0734. The lowest BCUT2D eigenvalue weighted by Gasteiger charge is -2.18. The van der Waals surface area contributed by atoms with Crippen LogP contribution in [0.4, 0.5) is 0 Å².